The molecule has 6 heteroatoms. The van der Waals surface area contributed by atoms with Crippen LogP contribution in [0.15, 0.2) is 17.8 Å². The van der Waals surface area contributed by atoms with Gasteiger partial charge in [0.2, 0.25) is 0 Å². The molecule has 1 saturated carbocycles. The van der Waals surface area contributed by atoms with E-state index >= 15 is 0 Å². The highest BCUT2D eigenvalue weighted by molar-refractivity contribution is 7.99. The molecule has 2 fully saturated rings. The van der Waals surface area contributed by atoms with Crippen molar-refractivity contribution in [3.63, 3.8) is 0 Å². The van der Waals surface area contributed by atoms with Gasteiger partial charge in [-0.2, -0.15) is 0 Å². The lowest BCUT2D eigenvalue weighted by Crippen LogP contribution is -2.28. The zero-order valence-corrected chi connectivity index (χ0v) is 16.3. The Morgan fingerprint density at radius 1 is 1.24 bits per heavy atom. The molecule has 0 spiro atoms. The minimum absolute atomic E-state index is 0.372. The molecule has 140 valence electrons. The largest absolute Gasteiger partial charge is 0.377 e. The van der Waals surface area contributed by atoms with Gasteiger partial charge in [0, 0.05) is 25.4 Å². The summed E-state index contributed by atoms with van der Waals surface area (Å²) in [6, 6.07) is 0. The highest BCUT2D eigenvalue weighted by Crippen LogP contribution is 2.26. The van der Waals surface area contributed by atoms with Crippen LogP contribution in [0.2, 0.25) is 0 Å². The third kappa shape index (κ3) is 5.56. The number of allylic oxidation sites excluding steroid dienone is 1. The summed E-state index contributed by atoms with van der Waals surface area (Å²) in [6.45, 7) is 7.60. The van der Waals surface area contributed by atoms with E-state index in [4.69, 9.17) is 4.74 Å². The van der Waals surface area contributed by atoms with E-state index in [9.17, 15) is 0 Å². The average Bonchev–Trinajstić information content (AvgIpc) is 3.25. The van der Waals surface area contributed by atoms with Crippen LogP contribution in [-0.4, -0.2) is 51.7 Å². The average molecular weight is 365 g/mol. The minimum atomic E-state index is 0.372. The number of nitrogens with zero attached hydrogens (tertiary/aromatic N) is 4. The van der Waals surface area contributed by atoms with Gasteiger partial charge < -0.3 is 9.30 Å². The van der Waals surface area contributed by atoms with Crippen molar-refractivity contribution in [2.45, 2.75) is 69.3 Å². The van der Waals surface area contributed by atoms with Crippen molar-refractivity contribution < 1.29 is 4.74 Å². The van der Waals surface area contributed by atoms with Gasteiger partial charge in [-0.1, -0.05) is 37.1 Å². The van der Waals surface area contributed by atoms with Crippen LogP contribution in [0.5, 0.6) is 0 Å². The zero-order chi connectivity index (χ0) is 17.5. The maximum absolute atomic E-state index is 5.72. The summed E-state index contributed by atoms with van der Waals surface area (Å²) in [7, 11) is 2.21. The lowest BCUT2D eigenvalue weighted by atomic mass is 9.89. The van der Waals surface area contributed by atoms with E-state index in [-0.39, 0.29) is 0 Å². The fourth-order valence-corrected chi connectivity index (χ4v) is 4.95. The number of rotatable bonds is 9. The molecule has 1 aromatic heterocycles. The van der Waals surface area contributed by atoms with Crippen LogP contribution in [0.1, 0.15) is 50.8 Å². The Morgan fingerprint density at radius 3 is 2.80 bits per heavy atom. The lowest BCUT2D eigenvalue weighted by Gasteiger charge is -2.26. The van der Waals surface area contributed by atoms with E-state index in [2.05, 4.69) is 33.3 Å². The van der Waals surface area contributed by atoms with Crippen LogP contribution in [0, 0.1) is 5.92 Å². The van der Waals surface area contributed by atoms with Gasteiger partial charge in [-0.3, -0.25) is 4.90 Å². The van der Waals surface area contributed by atoms with Gasteiger partial charge in [0.15, 0.2) is 5.16 Å². The molecule has 0 N–H and O–H groups in total. The molecule has 2 heterocycles. The van der Waals surface area contributed by atoms with E-state index in [1.807, 2.05) is 6.08 Å². The fourth-order valence-electron chi connectivity index (χ4n) is 3.91. The van der Waals surface area contributed by atoms with Crippen LogP contribution in [0.4, 0.5) is 0 Å². The highest BCUT2D eigenvalue weighted by atomic mass is 32.2. The summed E-state index contributed by atoms with van der Waals surface area (Å²) < 4.78 is 7.94. The van der Waals surface area contributed by atoms with E-state index in [1.165, 1.54) is 51.5 Å². The SMILES string of the molecule is C=CCn1c(CN(C)CC2CCCCC2)nnc1SC[C@@H]1CCCO1. The van der Waals surface area contributed by atoms with E-state index < -0.39 is 0 Å². The smallest absolute Gasteiger partial charge is 0.191 e. The highest BCUT2D eigenvalue weighted by Gasteiger charge is 2.20. The zero-order valence-electron chi connectivity index (χ0n) is 15.5. The molecule has 2 aliphatic rings. The Morgan fingerprint density at radius 2 is 2.08 bits per heavy atom. The van der Waals surface area contributed by atoms with Crippen LogP contribution >= 0.6 is 11.8 Å². The Hall–Kier alpha value is -0.850. The Kier molecular flexibility index (Phi) is 7.37. The Balaban J connectivity index is 1.56. The van der Waals surface area contributed by atoms with Crippen LogP contribution in [-0.2, 0) is 17.8 Å². The van der Waals surface area contributed by atoms with Crippen molar-refractivity contribution >= 4 is 11.8 Å². The van der Waals surface area contributed by atoms with E-state index in [0.29, 0.717) is 6.10 Å². The summed E-state index contributed by atoms with van der Waals surface area (Å²) in [4.78, 5) is 2.41. The second-order valence-corrected chi connectivity index (χ2v) is 8.43. The molecule has 1 aliphatic heterocycles. The molecule has 5 nitrogen and oxygen atoms in total. The van der Waals surface area contributed by atoms with Crippen molar-refractivity contribution in [1.29, 1.82) is 0 Å². The van der Waals surface area contributed by atoms with Crippen molar-refractivity contribution in [2.75, 3.05) is 26.0 Å². The summed E-state index contributed by atoms with van der Waals surface area (Å²) >= 11 is 1.77. The first kappa shape index (κ1) is 18.9. The maximum Gasteiger partial charge on any atom is 0.191 e. The molecule has 1 aliphatic carbocycles. The van der Waals surface area contributed by atoms with Crippen molar-refractivity contribution in [1.82, 2.24) is 19.7 Å². The summed E-state index contributed by atoms with van der Waals surface area (Å²) in [5.41, 5.74) is 0. The third-order valence-electron chi connectivity index (χ3n) is 5.23. The van der Waals surface area contributed by atoms with E-state index in [0.717, 1.165) is 42.3 Å². The van der Waals surface area contributed by atoms with Crippen molar-refractivity contribution in [2.24, 2.45) is 5.92 Å². The summed E-state index contributed by atoms with van der Waals surface area (Å²) in [5, 5.41) is 9.91. The fraction of sp³-hybridized carbons (Fsp3) is 0.789. The van der Waals surface area contributed by atoms with Gasteiger partial charge in [0.25, 0.3) is 0 Å². The lowest BCUT2D eigenvalue weighted by molar-refractivity contribution is 0.129. The standard InChI is InChI=1S/C19H32N4OS/c1-3-11-23-18(14-22(2)13-16-8-5-4-6-9-16)20-21-19(23)25-15-17-10-7-12-24-17/h3,16-17H,1,4-15H2,2H3/t17-/m0/s1. The third-order valence-corrected chi connectivity index (χ3v) is 6.33. The molecule has 3 rings (SSSR count). The first-order chi connectivity index (χ1) is 12.3. The van der Waals surface area contributed by atoms with Crippen LogP contribution in [0.3, 0.4) is 0 Å². The number of hydrogen-bond donors (Lipinski definition) is 0. The molecule has 0 bridgehead atoms. The molecule has 0 radical (unpaired) electrons. The second kappa shape index (κ2) is 9.74. The predicted molar refractivity (Wildman–Crippen MR) is 103 cm³/mol. The molecule has 0 unspecified atom stereocenters. The maximum atomic E-state index is 5.72. The molecule has 25 heavy (non-hydrogen) atoms. The van der Waals surface area contributed by atoms with Gasteiger partial charge >= 0.3 is 0 Å². The quantitative estimate of drug-likeness (QED) is 0.493. The number of hydrogen-bond acceptors (Lipinski definition) is 5. The molecule has 1 aromatic rings. The summed E-state index contributed by atoms with van der Waals surface area (Å²) in [6.07, 6.45) is 11.6. The number of ether oxygens (including phenoxy) is 1. The van der Waals surface area contributed by atoms with Crippen molar-refractivity contribution in [3.8, 4) is 0 Å². The van der Waals surface area contributed by atoms with Crippen LogP contribution in [0.25, 0.3) is 0 Å². The number of aromatic nitrogens is 3. The molecule has 0 aromatic carbocycles. The molecular weight excluding hydrogens is 332 g/mol. The molecule has 0 amide bonds. The molecule has 1 saturated heterocycles. The van der Waals surface area contributed by atoms with Crippen LogP contribution < -0.4 is 0 Å². The molecular formula is C19H32N4OS. The Bertz CT molecular complexity index is 536. The normalized spacial score (nSPS) is 21.9. The first-order valence-electron chi connectivity index (χ1n) is 9.72. The second-order valence-electron chi connectivity index (χ2n) is 7.44. The topological polar surface area (TPSA) is 43.2 Å². The molecule has 1 atom stereocenters. The number of thioether (sulfide) groups is 1. The monoisotopic (exact) mass is 364 g/mol. The van der Waals surface area contributed by atoms with Gasteiger partial charge in [-0.05, 0) is 38.6 Å². The van der Waals surface area contributed by atoms with Gasteiger partial charge in [-0.15, -0.1) is 16.8 Å². The first-order valence-corrected chi connectivity index (χ1v) is 10.7. The van der Waals surface area contributed by atoms with E-state index in [1.54, 1.807) is 11.8 Å². The van der Waals surface area contributed by atoms with Crippen molar-refractivity contribution in [3.05, 3.63) is 18.5 Å². The van der Waals surface area contributed by atoms with Gasteiger partial charge in [0.1, 0.15) is 5.82 Å². The summed E-state index contributed by atoms with van der Waals surface area (Å²) in [5.74, 6) is 2.86. The Labute approximate surface area is 156 Å². The van der Waals surface area contributed by atoms with Gasteiger partial charge in [0.05, 0.1) is 12.6 Å². The predicted octanol–water partition coefficient (Wildman–Crippen LogP) is 3.75. The van der Waals surface area contributed by atoms with Gasteiger partial charge in [-0.25, -0.2) is 0 Å². The minimum Gasteiger partial charge on any atom is -0.377 e.